The van der Waals surface area contributed by atoms with Gasteiger partial charge < -0.3 is 4.90 Å². The van der Waals surface area contributed by atoms with Gasteiger partial charge in [0.15, 0.2) is 0 Å². The first-order valence-electron chi connectivity index (χ1n) is 20.3. The van der Waals surface area contributed by atoms with Crippen LogP contribution in [0.2, 0.25) is 0 Å². The number of nitrogens with zero attached hydrogens (tertiary/aromatic N) is 1. The van der Waals surface area contributed by atoms with Crippen LogP contribution in [0.1, 0.15) is 0 Å². The third-order valence-corrected chi connectivity index (χ3v) is 11.8. The molecule has 0 unspecified atom stereocenters. The van der Waals surface area contributed by atoms with Crippen LogP contribution in [0.3, 0.4) is 0 Å². The third kappa shape index (κ3) is 6.12. The Morgan fingerprint density at radius 1 is 0.237 bits per heavy atom. The van der Waals surface area contributed by atoms with Crippen LogP contribution < -0.4 is 4.90 Å². The summed E-state index contributed by atoms with van der Waals surface area (Å²) in [5.41, 5.74) is 13.0. The quantitative estimate of drug-likeness (QED) is 0.147. The van der Waals surface area contributed by atoms with Crippen molar-refractivity contribution in [3.8, 4) is 44.5 Å². The minimum Gasteiger partial charge on any atom is -0.310 e. The Bertz CT molecular complexity index is 3280. The van der Waals surface area contributed by atoms with Gasteiger partial charge >= 0.3 is 0 Å². The molecule has 0 aliphatic rings. The lowest BCUT2D eigenvalue weighted by molar-refractivity contribution is 1.29. The van der Waals surface area contributed by atoms with Gasteiger partial charge in [0.2, 0.25) is 0 Å². The fraction of sp³-hybridized carbons (Fsp3) is 0. The zero-order valence-corrected chi connectivity index (χ0v) is 32.5. The first-order valence-corrected chi connectivity index (χ1v) is 20.3. The highest BCUT2D eigenvalue weighted by Crippen LogP contribution is 2.50. The molecule has 0 saturated heterocycles. The van der Waals surface area contributed by atoms with Crippen LogP contribution in [0.15, 0.2) is 237 Å². The average molecular weight is 750 g/mol. The molecule has 1 heteroatoms. The molecule has 1 nitrogen and oxygen atoms in total. The lowest BCUT2D eigenvalue weighted by atomic mass is 9.81. The van der Waals surface area contributed by atoms with Crippen molar-refractivity contribution < 1.29 is 0 Å². The maximum atomic E-state index is 2.43. The van der Waals surface area contributed by atoms with Crippen molar-refractivity contribution in [3.05, 3.63) is 237 Å². The molecule has 0 radical (unpaired) electrons. The Hall–Kier alpha value is -7.74. The summed E-state index contributed by atoms with van der Waals surface area (Å²) < 4.78 is 0. The average Bonchev–Trinajstić information content (AvgIpc) is 3.32. The molecule has 0 bridgehead atoms. The summed E-state index contributed by atoms with van der Waals surface area (Å²) in [5.74, 6) is 0. The van der Waals surface area contributed by atoms with Gasteiger partial charge in [-0.1, -0.05) is 188 Å². The highest BCUT2D eigenvalue weighted by Gasteiger charge is 2.23. The second-order valence-electron chi connectivity index (χ2n) is 15.2. The largest absolute Gasteiger partial charge is 0.310 e. The Labute approximate surface area is 344 Å². The lowest BCUT2D eigenvalue weighted by Gasteiger charge is -2.27. The summed E-state index contributed by atoms with van der Waals surface area (Å²) >= 11 is 0. The van der Waals surface area contributed by atoms with Crippen LogP contribution in [-0.4, -0.2) is 0 Å². The van der Waals surface area contributed by atoms with Crippen molar-refractivity contribution in [1.29, 1.82) is 0 Å². The summed E-state index contributed by atoms with van der Waals surface area (Å²) in [6, 6.07) is 86.3. The van der Waals surface area contributed by atoms with Crippen molar-refractivity contribution in [1.82, 2.24) is 0 Å². The number of anilines is 3. The van der Waals surface area contributed by atoms with Crippen LogP contribution in [0.25, 0.3) is 87.6 Å². The molecule has 0 heterocycles. The fourth-order valence-corrected chi connectivity index (χ4v) is 9.07. The highest BCUT2D eigenvalue weighted by molar-refractivity contribution is 6.33. The number of rotatable bonds is 7. The summed E-state index contributed by atoms with van der Waals surface area (Å²) in [5, 5.41) is 9.98. The van der Waals surface area contributed by atoms with Gasteiger partial charge in [0, 0.05) is 17.1 Å². The predicted octanol–water partition coefficient (Wildman–Crippen LogP) is 16.4. The SMILES string of the molecule is c1ccc(-c2cc(-c3ccccc3)c3c4ccccc4c4cc(N(c5ccccc5)c5ccc(-c6ccc7ccccc7c6)cc5)ccc4c3c2-c2ccccc2)cc1. The van der Waals surface area contributed by atoms with Gasteiger partial charge in [0.05, 0.1) is 0 Å². The van der Waals surface area contributed by atoms with E-state index in [9.17, 15) is 0 Å². The smallest absolute Gasteiger partial charge is 0.0468 e. The molecule has 59 heavy (non-hydrogen) atoms. The molecule has 0 aliphatic carbocycles. The monoisotopic (exact) mass is 749 g/mol. The van der Waals surface area contributed by atoms with Crippen molar-refractivity contribution in [3.63, 3.8) is 0 Å². The molecule has 0 aliphatic heterocycles. The van der Waals surface area contributed by atoms with E-state index in [1.54, 1.807) is 0 Å². The molecule has 0 atom stereocenters. The molecule has 11 aromatic rings. The van der Waals surface area contributed by atoms with Gasteiger partial charge in [-0.2, -0.15) is 0 Å². The van der Waals surface area contributed by atoms with Crippen LogP contribution in [0, 0.1) is 0 Å². The summed E-state index contributed by atoms with van der Waals surface area (Å²) in [4.78, 5) is 2.39. The molecule has 11 aromatic carbocycles. The number of hydrogen-bond donors (Lipinski definition) is 0. The van der Waals surface area contributed by atoms with Gasteiger partial charge in [-0.25, -0.2) is 0 Å². The first kappa shape index (κ1) is 34.5. The van der Waals surface area contributed by atoms with E-state index >= 15 is 0 Å². The third-order valence-electron chi connectivity index (χ3n) is 11.8. The molecule has 0 aromatic heterocycles. The molecule has 0 fully saturated rings. The van der Waals surface area contributed by atoms with Gasteiger partial charge in [-0.3, -0.25) is 0 Å². The standard InChI is InChI=1S/C58H39N/c1-5-18-42(19-6-1)53-39-54(43-20-7-2-8-21-43)57-51-28-16-15-27-50(51)55-38-49(35-36-52(55)58(57)56(53)44-22-9-3-10-23-44)59(47-25-11-4-12-26-47)48-33-31-41(32-34-48)46-30-29-40-17-13-14-24-45(40)37-46/h1-39H. The molecule has 0 amide bonds. The minimum atomic E-state index is 1.10. The van der Waals surface area contributed by atoms with Crippen LogP contribution in [0.5, 0.6) is 0 Å². The van der Waals surface area contributed by atoms with E-state index in [-0.39, 0.29) is 0 Å². The van der Waals surface area contributed by atoms with E-state index in [2.05, 4.69) is 241 Å². The maximum absolute atomic E-state index is 2.43. The topological polar surface area (TPSA) is 3.24 Å². The second kappa shape index (κ2) is 14.6. The number of hydrogen-bond acceptors (Lipinski definition) is 1. The second-order valence-corrected chi connectivity index (χ2v) is 15.2. The Kier molecular flexibility index (Phi) is 8.56. The zero-order chi connectivity index (χ0) is 39.1. The van der Waals surface area contributed by atoms with Crippen molar-refractivity contribution in [2.45, 2.75) is 0 Å². The van der Waals surface area contributed by atoms with E-state index in [4.69, 9.17) is 0 Å². The van der Waals surface area contributed by atoms with Crippen LogP contribution in [0.4, 0.5) is 17.1 Å². The molecular formula is C58H39N. The Morgan fingerprint density at radius 2 is 0.746 bits per heavy atom. The predicted molar refractivity (Wildman–Crippen MR) is 253 cm³/mol. The van der Waals surface area contributed by atoms with E-state index in [0.29, 0.717) is 0 Å². The Morgan fingerprint density at radius 3 is 1.44 bits per heavy atom. The Balaban J connectivity index is 1.18. The number of fused-ring (bicyclic) bond motifs is 7. The molecule has 0 spiro atoms. The van der Waals surface area contributed by atoms with Crippen molar-refractivity contribution in [2.75, 3.05) is 4.90 Å². The highest BCUT2D eigenvalue weighted by atomic mass is 15.1. The minimum absolute atomic E-state index is 1.10. The lowest BCUT2D eigenvalue weighted by Crippen LogP contribution is -2.09. The van der Waals surface area contributed by atoms with Gasteiger partial charge in [0.25, 0.3) is 0 Å². The molecule has 0 N–H and O–H groups in total. The van der Waals surface area contributed by atoms with Crippen LogP contribution >= 0.6 is 0 Å². The van der Waals surface area contributed by atoms with Crippen molar-refractivity contribution >= 4 is 60.2 Å². The molecular weight excluding hydrogens is 711 g/mol. The van der Waals surface area contributed by atoms with Gasteiger partial charge in [-0.05, 0) is 136 Å². The zero-order valence-electron chi connectivity index (χ0n) is 32.5. The van der Waals surface area contributed by atoms with Crippen molar-refractivity contribution in [2.24, 2.45) is 0 Å². The van der Waals surface area contributed by atoms with E-state index in [1.807, 2.05) is 0 Å². The molecule has 276 valence electrons. The molecule has 0 saturated carbocycles. The number of para-hydroxylation sites is 1. The van der Waals surface area contributed by atoms with E-state index in [0.717, 1.165) is 17.1 Å². The molecule has 11 rings (SSSR count). The number of benzene rings is 11. The van der Waals surface area contributed by atoms with E-state index in [1.165, 1.54) is 87.6 Å². The van der Waals surface area contributed by atoms with Gasteiger partial charge in [-0.15, -0.1) is 0 Å². The summed E-state index contributed by atoms with van der Waals surface area (Å²) in [7, 11) is 0. The van der Waals surface area contributed by atoms with Gasteiger partial charge in [0.1, 0.15) is 0 Å². The van der Waals surface area contributed by atoms with E-state index < -0.39 is 0 Å². The first-order chi connectivity index (χ1) is 29.3. The fourth-order valence-electron chi connectivity index (χ4n) is 9.07. The normalized spacial score (nSPS) is 11.4. The maximum Gasteiger partial charge on any atom is 0.0468 e. The van der Waals surface area contributed by atoms with Crippen LogP contribution in [-0.2, 0) is 0 Å². The summed E-state index contributed by atoms with van der Waals surface area (Å²) in [6.45, 7) is 0. The summed E-state index contributed by atoms with van der Waals surface area (Å²) in [6.07, 6.45) is 0.